The molecule has 1 aromatic heterocycles. The monoisotopic (exact) mass is 252 g/mol. The first kappa shape index (κ1) is 14.7. The fourth-order valence-corrected chi connectivity index (χ4v) is 1.81. The van der Waals surface area contributed by atoms with Gasteiger partial charge in [0.25, 0.3) is 0 Å². The molecule has 0 fully saturated rings. The third-order valence-corrected chi connectivity index (χ3v) is 2.73. The summed E-state index contributed by atoms with van der Waals surface area (Å²) in [5, 5.41) is 9.12. The van der Waals surface area contributed by atoms with E-state index in [1.54, 1.807) is 6.07 Å². The number of rotatable bonds is 8. The molecular formula is C13H24N4O. The van der Waals surface area contributed by atoms with Gasteiger partial charge in [-0.2, -0.15) is 0 Å². The van der Waals surface area contributed by atoms with Gasteiger partial charge in [-0.25, -0.2) is 9.97 Å². The summed E-state index contributed by atoms with van der Waals surface area (Å²) in [5.74, 6) is 2.11. The van der Waals surface area contributed by atoms with Crippen molar-refractivity contribution in [3.8, 4) is 0 Å². The van der Waals surface area contributed by atoms with E-state index in [1.165, 1.54) is 0 Å². The van der Waals surface area contributed by atoms with Crippen molar-refractivity contribution in [2.45, 2.75) is 39.5 Å². The third-order valence-electron chi connectivity index (χ3n) is 2.73. The van der Waals surface area contributed by atoms with Crippen LogP contribution in [0.4, 0.5) is 11.6 Å². The first-order valence-corrected chi connectivity index (χ1v) is 6.70. The lowest BCUT2D eigenvalue weighted by Crippen LogP contribution is -2.29. The molecule has 5 heteroatoms. The molecule has 0 radical (unpaired) electrons. The van der Waals surface area contributed by atoms with E-state index in [0.717, 1.165) is 43.9 Å². The van der Waals surface area contributed by atoms with Crippen molar-refractivity contribution in [3.63, 3.8) is 0 Å². The molecule has 0 amide bonds. The first-order chi connectivity index (χ1) is 8.71. The van der Waals surface area contributed by atoms with Crippen LogP contribution in [0.25, 0.3) is 0 Å². The van der Waals surface area contributed by atoms with E-state index in [-0.39, 0.29) is 6.61 Å². The standard InChI is InChI=1S/C13H24N4O/c1-3-5-7-17(8-9-18)13-10-11(14)15-12(16-13)6-4-2/h10,18H,3-9H2,1-2H3,(H2,14,15,16). The van der Waals surface area contributed by atoms with E-state index in [1.807, 2.05) is 0 Å². The predicted molar refractivity (Wildman–Crippen MR) is 74.6 cm³/mol. The number of anilines is 2. The van der Waals surface area contributed by atoms with E-state index in [0.29, 0.717) is 12.4 Å². The van der Waals surface area contributed by atoms with Gasteiger partial charge >= 0.3 is 0 Å². The Kier molecular flexibility index (Phi) is 6.43. The Bertz CT molecular complexity index is 357. The SMILES string of the molecule is CCCCN(CCO)c1cc(N)nc(CCC)n1. The average Bonchev–Trinajstić information content (AvgIpc) is 2.34. The lowest BCUT2D eigenvalue weighted by molar-refractivity contribution is 0.301. The summed E-state index contributed by atoms with van der Waals surface area (Å²) in [6.45, 7) is 5.83. The van der Waals surface area contributed by atoms with Crippen LogP contribution in [0, 0.1) is 0 Å². The van der Waals surface area contributed by atoms with E-state index in [4.69, 9.17) is 10.8 Å². The van der Waals surface area contributed by atoms with Crippen LogP contribution in [-0.4, -0.2) is 34.8 Å². The predicted octanol–water partition coefficient (Wildman–Crippen LogP) is 1.61. The number of nitrogens with two attached hydrogens (primary N) is 1. The Hall–Kier alpha value is -1.36. The van der Waals surface area contributed by atoms with E-state index in [9.17, 15) is 0 Å². The smallest absolute Gasteiger partial charge is 0.134 e. The van der Waals surface area contributed by atoms with Gasteiger partial charge in [0, 0.05) is 25.6 Å². The second-order valence-electron chi connectivity index (χ2n) is 4.38. The molecule has 0 aliphatic heterocycles. The third kappa shape index (κ3) is 4.49. The lowest BCUT2D eigenvalue weighted by atomic mass is 10.3. The fourth-order valence-electron chi connectivity index (χ4n) is 1.81. The molecule has 0 saturated heterocycles. The fraction of sp³-hybridized carbons (Fsp3) is 0.692. The van der Waals surface area contributed by atoms with Crippen LogP contribution in [0.15, 0.2) is 6.07 Å². The molecule has 3 N–H and O–H groups in total. The summed E-state index contributed by atoms with van der Waals surface area (Å²) < 4.78 is 0. The largest absolute Gasteiger partial charge is 0.395 e. The molecule has 1 rings (SSSR count). The topological polar surface area (TPSA) is 75.3 Å². The van der Waals surface area contributed by atoms with Crippen LogP contribution < -0.4 is 10.6 Å². The zero-order valence-electron chi connectivity index (χ0n) is 11.4. The molecular weight excluding hydrogens is 228 g/mol. The maximum absolute atomic E-state index is 9.12. The Morgan fingerprint density at radius 2 is 2.00 bits per heavy atom. The summed E-state index contributed by atoms with van der Waals surface area (Å²) in [7, 11) is 0. The van der Waals surface area contributed by atoms with E-state index >= 15 is 0 Å². The molecule has 102 valence electrons. The number of aryl methyl sites for hydroxylation is 1. The van der Waals surface area contributed by atoms with Gasteiger partial charge in [0.05, 0.1) is 6.61 Å². The Morgan fingerprint density at radius 1 is 1.22 bits per heavy atom. The van der Waals surface area contributed by atoms with Gasteiger partial charge in [-0.15, -0.1) is 0 Å². The second-order valence-corrected chi connectivity index (χ2v) is 4.38. The van der Waals surface area contributed by atoms with E-state index in [2.05, 4.69) is 28.7 Å². The second kappa shape index (κ2) is 7.87. The zero-order valence-corrected chi connectivity index (χ0v) is 11.4. The minimum Gasteiger partial charge on any atom is -0.395 e. The van der Waals surface area contributed by atoms with Crippen molar-refractivity contribution in [2.24, 2.45) is 0 Å². The van der Waals surface area contributed by atoms with Crippen molar-refractivity contribution in [3.05, 3.63) is 11.9 Å². The quantitative estimate of drug-likeness (QED) is 0.735. The molecule has 0 atom stereocenters. The van der Waals surface area contributed by atoms with Gasteiger partial charge in [-0.3, -0.25) is 0 Å². The average molecular weight is 252 g/mol. The minimum atomic E-state index is 0.122. The Labute approximate surface area is 109 Å². The number of aromatic nitrogens is 2. The number of nitrogens with zero attached hydrogens (tertiary/aromatic N) is 3. The summed E-state index contributed by atoms with van der Waals surface area (Å²) in [4.78, 5) is 10.8. The van der Waals surface area contributed by atoms with Crippen molar-refractivity contribution in [2.75, 3.05) is 30.3 Å². The van der Waals surface area contributed by atoms with Gasteiger partial charge in [0.1, 0.15) is 17.5 Å². The van der Waals surface area contributed by atoms with Crippen LogP contribution >= 0.6 is 0 Å². The summed E-state index contributed by atoms with van der Waals surface area (Å²) >= 11 is 0. The number of hydrogen-bond acceptors (Lipinski definition) is 5. The maximum atomic E-state index is 9.12. The lowest BCUT2D eigenvalue weighted by Gasteiger charge is -2.23. The molecule has 1 heterocycles. The molecule has 0 bridgehead atoms. The highest BCUT2D eigenvalue weighted by molar-refractivity contribution is 5.47. The number of aliphatic hydroxyl groups excluding tert-OH is 1. The highest BCUT2D eigenvalue weighted by Gasteiger charge is 2.10. The molecule has 5 nitrogen and oxygen atoms in total. The zero-order chi connectivity index (χ0) is 13.4. The highest BCUT2D eigenvalue weighted by atomic mass is 16.3. The molecule has 0 spiro atoms. The normalized spacial score (nSPS) is 10.6. The Morgan fingerprint density at radius 3 is 2.61 bits per heavy atom. The molecule has 0 aliphatic rings. The highest BCUT2D eigenvalue weighted by Crippen LogP contribution is 2.15. The summed E-state index contributed by atoms with van der Waals surface area (Å²) in [5.41, 5.74) is 5.81. The maximum Gasteiger partial charge on any atom is 0.134 e. The first-order valence-electron chi connectivity index (χ1n) is 6.70. The van der Waals surface area contributed by atoms with Crippen molar-refractivity contribution in [1.29, 1.82) is 0 Å². The van der Waals surface area contributed by atoms with Crippen molar-refractivity contribution in [1.82, 2.24) is 9.97 Å². The van der Waals surface area contributed by atoms with Gasteiger partial charge in [-0.1, -0.05) is 20.3 Å². The summed E-state index contributed by atoms with van der Waals surface area (Å²) in [6.07, 6.45) is 4.02. The van der Waals surface area contributed by atoms with Gasteiger partial charge < -0.3 is 15.7 Å². The van der Waals surface area contributed by atoms with Gasteiger partial charge in [0.2, 0.25) is 0 Å². The van der Waals surface area contributed by atoms with E-state index < -0.39 is 0 Å². The van der Waals surface area contributed by atoms with Crippen LogP contribution in [-0.2, 0) is 6.42 Å². The Balaban J connectivity index is 2.87. The molecule has 0 aliphatic carbocycles. The summed E-state index contributed by atoms with van der Waals surface area (Å²) in [6, 6.07) is 1.78. The van der Waals surface area contributed by atoms with Crippen LogP contribution in [0.5, 0.6) is 0 Å². The van der Waals surface area contributed by atoms with Crippen molar-refractivity contribution < 1.29 is 5.11 Å². The number of aliphatic hydroxyl groups is 1. The number of nitrogen functional groups attached to an aromatic ring is 1. The van der Waals surface area contributed by atoms with Crippen molar-refractivity contribution >= 4 is 11.6 Å². The molecule has 18 heavy (non-hydrogen) atoms. The van der Waals surface area contributed by atoms with Crippen LogP contribution in [0.2, 0.25) is 0 Å². The molecule has 0 saturated carbocycles. The van der Waals surface area contributed by atoms with Gasteiger partial charge in [-0.05, 0) is 12.8 Å². The van der Waals surface area contributed by atoms with Gasteiger partial charge in [0.15, 0.2) is 0 Å². The number of unbranched alkanes of at least 4 members (excludes halogenated alkanes) is 1. The molecule has 0 unspecified atom stereocenters. The minimum absolute atomic E-state index is 0.122. The number of hydrogen-bond donors (Lipinski definition) is 2. The molecule has 0 aromatic carbocycles. The van der Waals surface area contributed by atoms with Crippen LogP contribution in [0.3, 0.4) is 0 Å². The molecule has 1 aromatic rings. The van der Waals surface area contributed by atoms with Crippen LogP contribution in [0.1, 0.15) is 38.9 Å².